The molecular weight excluding hydrogens is 192 g/mol. The van der Waals surface area contributed by atoms with Gasteiger partial charge in [0.05, 0.1) is 12.0 Å². The fraction of sp³-hybridized carbons (Fsp3) is 0.750. The van der Waals surface area contributed by atoms with E-state index in [1.165, 1.54) is 0 Å². The molecule has 0 saturated heterocycles. The summed E-state index contributed by atoms with van der Waals surface area (Å²) in [7, 11) is 0. The van der Waals surface area contributed by atoms with E-state index in [1.807, 2.05) is 6.92 Å². The summed E-state index contributed by atoms with van der Waals surface area (Å²) in [5.74, 6) is -0.217. The highest BCUT2D eigenvalue weighted by molar-refractivity contribution is 5.71. The number of esters is 1. The number of hydrogen-bond acceptors (Lipinski definition) is 3. The van der Waals surface area contributed by atoms with Crippen molar-refractivity contribution in [1.29, 1.82) is 0 Å². The van der Waals surface area contributed by atoms with Gasteiger partial charge in [-0.15, -0.1) is 0 Å². The molecule has 0 spiro atoms. The van der Waals surface area contributed by atoms with Gasteiger partial charge in [0, 0.05) is 0 Å². The van der Waals surface area contributed by atoms with Gasteiger partial charge in [0.15, 0.2) is 0 Å². The van der Waals surface area contributed by atoms with Crippen LogP contribution in [0, 0.1) is 5.92 Å². The molecule has 0 bridgehead atoms. The lowest BCUT2D eigenvalue weighted by Gasteiger charge is -2.10. The van der Waals surface area contributed by atoms with Gasteiger partial charge in [-0.3, -0.25) is 4.79 Å². The first-order valence-corrected chi connectivity index (χ1v) is 5.53. The third-order valence-corrected chi connectivity index (χ3v) is 2.25. The maximum Gasteiger partial charge on any atom is 0.308 e. The maximum atomic E-state index is 11.3. The number of rotatable bonds is 8. The van der Waals surface area contributed by atoms with E-state index in [4.69, 9.17) is 9.84 Å². The highest BCUT2D eigenvalue weighted by Gasteiger charge is 2.13. The van der Waals surface area contributed by atoms with Crippen molar-refractivity contribution in [2.45, 2.75) is 45.6 Å². The molecule has 0 amide bonds. The predicted molar refractivity (Wildman–Crippen MR) is 60.5 cm³/mol. The molecule has 0 heterocycles. The molecule has 0 aromatic rings. The Hall–Kier alpha value is -0.830. The highest BCUT2D eigenvalue weighted by atomic mass is 16.5. The second kappa shape index (κ2) is 8.48. The molecule has 0 aromatic heterocycles. The van der Waals surface area contributed by atoms with Gasteiger partial charge in [0.2, 0.25) is 0 Å². The Morgan fingerprint density at radius 1 is 1.40 bits per heavy atom. The SMILES string of the molecule is C=CCOC(=O)C(C)CCCCC(C)O. The molecule has 3 nitrogen and oxygen atoms in total. The van der Waals surface area contributed by atoms with Crippen LogP contribution in [0.2, 0.25) is 0 Å². The molecule has 0 saturated carbocycles. The Morgan fingerprint density at radius 3 is 2.53 bits per heavy atom. The van der Waals surface area contributed by atoms with Gasteiger partial charge < -0.3 is 9.84 Å². The van der Waals surface area contributed by atoms with Crippen LogP contribution in [0.3, 0.4) is 0 Å². The molecule has 0 aliphatic rings. The van der Waals surface area contributed by atoms with E-state index in [0.717, 1.165) is 25.7 Å². The Labute approximate surface area is 92.1 Å². The van der Waals surface area contributed by atoms with Crippen LogP contribution in [0.15, 0.2) is 12.7 Å². The summed E-state index contributed by atoms with van der Waals surface area (Å²) in [5, 5.41) is 9.04. The fourth-order valence-corrected chi connectivity index (χ4v) is 1.29. The molecule has 0 aliphatic carbocycles. The van der Waals surface area contributed by atoms with Crippen molar-refractivity contribution in [1.82, 2.24) is 0 Å². The zero-order valence-electron chi connectivity index (χ0n) is 9.74. The second-order valence-electron chi connectivity index (χ2n) is 3.95. The molecule has 0 rings (SSSR count). The van der Waals surface area contributed by atoms with Crippen molar-refractivity contribution in [3.8, 4) is 0 Å². The summed E-state index contributed by atoms with van der Waals surface area (Å²) >= 11 is 0. The van der Waals surface area contributed by atoms with Crippen molar-refractivity contribution in [2.75, 3.05) is 6.61 Å². The first kappa shape index (κ1) is 14.2. The molecule has 2 atom stereocenters. The number of hydrogen-bond donors (Lipinski definition) is 1. The van der Waals surface area contributed by atoms with Crippen LogP contribution >= 0.6 is 0 Å². The lowest BCUT2D eigenvalue weighted by atomic mass is 10.0. The van der Waals surface area contributed by atoms with Gasteiger partial charge >= 0.3 is 5.97 Å². The lowest BCUT2D eigenvalue weighted by Crippen LogP contribution is -2.14. The minimum Gasteiger partial charge on any atom is -0.461 e. The quantitative estimate of drug-likeness (QED) is 0.383. The van der Waals surface area contributed by atoms with Crippen LogP contribution in [0.4, 0.5) is 0 Å². The average molecular weight is 214 g/mol. The fourth-order valence-electron chi connectivity index (χ4n) is 1.29. The van der Waals surface area contributed by atoms with Gasteiger partial charge in [-0.05, 0) is 19.8 Å². The van der Waals surface area contributed by atoms with Crippen molar-refractivity contribution in [3.05, 3.63) is 12.7 Å². The lowest BCUT2D eigenvalue weighted by molar-refractivity contribution is -0.146. The number of carbonyl (C=O) groups is 1. The van der Waals surface area contributed by atoms with E-state index in [0.29, 0.717) is 0 Å². The largest absolute Gasteiger partial charge is 0.461 e. The molecule has 88 valence electrons. The normalized spacial score (nSPS) is 14.3. The minimum atomic E-state index is -0.243. The highest BCUT2D eigenvalue weighted by Crippen LogP contribution is 2.12. The molecule has 2 unspecified atom stereocenters. The van der Waals surface area contributed by atoms with E-state index in [-0.39, 0.29) is 24.6 Å². The van der Waals surface area contributed by atoms with E-state index in [1.54, 1.807) is 13.0 Å². The first-order valence-electron chi connectivity index (χ1n) is 5.53. The van der Waals surface area contributed by atoms with Gasteiger partial charge in [-0.1, -0.05) is 32.4 Å². The molecule has 0 aromatic carbocycles. The monoisotopic (exact) mass is 214 g/mol. The summed E-state index contributed by atoms with van der Waals surface area (Å²) in [4.78, 5) is 11.3. The Kier molecular flexibility index (Phi) is 8.01. The van der Waals surface area contributed by atoms with Crippen molar-refractivity contribution < 1.29 is 14.6 Å². The maximum absolute atomic E-state index is 11.3. The van der Waals surface area contributed by atoms with Crippen LogP contribution in [-0.4, -0.2) is 23.8 Å². The summed E-state index contributed by atoms with van der Waals surface area (Å²) in [6, 6.07) is 0. The number of ether oxygens (including phenoxy) is 1. The molecular formula is C12H22O3. The Balaban J connectivity index is 3.50. The molecule has 0 fully saturated rings. The van der Waals surface area contributed by atoms with E-state index in [2.05, 4.69) is 6.58 Å². The average Bonchev–Trinajstić information content (AvgIpc) is 2.20. The minimum absolute atomic E-state index is 0.0565. The molecule has 0 radical (unpaired) electrons. The van der Waals surface area contributed by atoms with Crippen LogP contribution in [-0.2, 0) is 9.53 Å². The number of aliphatic hydroxyl groups excluding tert-OH is 1. The molecule has 3 heteroatoms. The standard InChI is InChI=1S/C12H22O3/c1-4-9-15-12(14)10(2)7-5-6-8-11(3)13/h4,10-11,13H,1,5-9H2,2-3H3. The Morgan fingerprint density at radius 2 is 2.00 bits per heavy atom. The number of aliphatic hydroxyl groups is 1. The second-order valence-corrected chi connectivity index (χ2v) is 3.95. The third-order valence-electron chi connectivity index (χ3n) is 2.25. The van der Waals surface area contributed by atoms with E-state index >= 15 is 0 Å². The van der Waals surface area contributed by atoms with Crippen LogP contribution in [0.1, 0.15) is 39.5 Å². The summed E-state index contributed by atoms with van der Waals surface area (Å²) in [6.45, 7) is 7.42. The zero-order valence-corrected chi connectivity index (χ0v) is 9.74. The Bertz CT molecular complexity index is 187. The van der Waals surface area contributed by atoms with E-state index < -0.39 is 0 Å². The zero-order chi connectivity index (χ0) is 11.7. The van der Waals surface area contributed by atoms with Crippen LogP contribution in [0.25, 0.3) is 0 Å². The first-order chi connectivity index (χ1) is 7.07. The topological polar surface area (TPSA) is 46.5 Å². The molecule has 1 N–H and O–H groups in total. The van der Waals surface area contributed by atoms with Crippen LogP contribution in [0.5, 0.6) is 0 Å². The van der Waals surface area contributed by atoms with Gasteiger partial charge in [0.25, 0.3) is 0 Å². The molecule has 15 heavy (non-hydrogen) atoms. The van der Waals surface area contributed by atoms with Gasteiger partial charge in [0.1, 0.15) is 6.61 Å². The summed E-state index contributed by atoms with van der Waals surface area (Å²) < 4.78 is 4.92. The third kappa shape index (κ3) is 8.18. The number of unbranched alkanes of at least 4 members (excludes halogenated alkanes) is 1. The molecule has 0 aliphatic heterocycles. The summed E-state index contributed by atoms with van der Waals surface area (Å²) in [6.07, 6.45) is 4.86. The summed E-state index contributed by atoms with van der Waals surface area (Å²) in [5.41, 5.74) is 0. The predicted octanol–water partition coefficient (Wildman–Crippen LogP) is 2.29. The smallest absolute Gasteiger partial charge is 0.308 e. The van der Waals surface area contributed by atoms with Crippen LogP contribution < -0.4 is 0 Å². The number of carbonyl (C=O) groups excluding carboxylic acids is 1. The van der Waals surface area contributed by atoms with Crippen molar-refractivity contribution in [3.63, 3.8) is 0 Å². The van der Waals surface area contributed by atoms with Crippen molar-refractivity contribution >= 4 is 5.97 Å². The van der Waals surface area contributed by atoms with Gasteiger partial charge in [-0.25, -0.2) is 0 Å². The van der Waals surface area contributed by atoms with Gasteiger partial charge in [-0.2, -0.15) is 0 Å². The van der Waals surface area contributed by atoms with Crippen molar-refractivity contribution in [2.24, 2.45) is 5.92 Å². The van der Waals surface area contributed by atoms with E-state index in [9.17, 15) is 4.79 Å².